The Hall–Kier alpha value is -4.92. The first-order valence-electron chi connectivity index (χ1n) is 16.1. The van der Waals surface area contributed by atoms with Gasteiger partial charge in [-0.2, -0.15) is 4.37 Å². The van der Waals surface area contributed by atoms with E-state index in [1.807, 2.05) is 99.2 Å². The molecule has 0 aromatic carbocycles. The maximum atomic E-state index is 4.47. The van der Waals surface area contributed by atoms with Crippen LogP contribution in [0.25, 0.3) is 0 Å². The van der Waals surface area contributed by atoms with Crippen molar-refractivity contribution in [2.24, 2.45) is 0 Å². The van der Waals surface area contributed by atoms with E-state index in [0.29, 0.717) is 0 Å². The molecular weight excluding hydrogens is 745 g/mol. The van der Waals surface area contributed by atoms with E-state index in [1.165, 1.54) is 79.9 Å². The molecule has 0 aliphatic rings. The Balaban J connectivity index is -0.000000112. The van der Waals surface area contributed by atoms with E-state index in [-0.39, 0.29) is 0 Å². The molecule has 0 unspecified atom stereocenters. The summed E-state index contributed by atoms with van der Waals surface area (Å²) in [6.45, 7) is 24.0. The second kappa shape index (κ2) is 76.1. The van der Waals surface area contributed by atoms with E-state index < -0.39 is 0 Å². The van der Waals surface area contributed by atoms with Crippen molar-refractivity contribution in [3.8, 4) is 0 Å². The average Bonchev–Trinajstić information content (AvgIpc) is 4.13. The zero-order chi connectivity index (χ0) is 40.3. The van der Waals surface area contributed by atoms with Crippen molar-refractivity contribution >= 4 is 45.7 Å². The van der Waals surface area contributed by atoms with Crippen LogP contribution < -0.4 is 0 Å². The highest BCUT2D eigenvalue weighted by Gasteiger charge is 1.64. The predicted molar refractivity (Wildman–Crippen MR) is 214 cm³/mol. The Kier molecular flexibility index (Phi) is 86.7. The van der Waals surface area contributed by atoms with Gasteiger partial charge in [0.1, 0.15) is 30.6 Å². The van der Waals surface area contributed by atoms with Gasteiger partial charge >= 0.3 is 0 Å². The van der Waals surface area contributed by atoms with Crippen LogP contribution in [0.3, 0.4) is 0 Å². The summed E-state index contributed by atoms with van der Waals surface area (Å²) in [5, 5.41) is 18.8. The Bertz CT molecular complexity index is 845. The van der Waals surface area contributed by atoms with Gasteiger partial charge in [0.2, 0.25) is 6.39 Å². The third-order valence-electron chi connectivity index (χ3n) is 2.52. The summed E-state index contributed by atoms with van der Waals surface area (Å²) >= 11 is 5.91. The molecule has 52 heavy (non-hydrogen) atoms. The molecule has 0 atom stereocenters. The average molecular weight is 801 g/mol. The molecule has 8 heterocycles. The molecule has 8 aromatic heterocycles. The summed E-state index contributed by atoms with van der Waals surface area (Å²) in [4.78, 5) is 21.7. The highest BCUT2D eigenvalue weighted by molar-refractivity contribution is 7.07. The molecule has 8 rings (SSSR count). The SMILES string of the molecule is CC.CC.CC.CC.CC.CC.c1cocn1.c1cocn1.c1conn1.c1cscn1.c1cscn1.c1csnn1.c1ncon1.c1ncsn1. The third-order valence-corrected chi connectivity index (χ3v) is 4.43. The Morgan fingerprint density at radius 3 is 1.12 bits per heavy atom. The van der Waals surface area contributed by atoms with E-state index in [0.717, 1.165) is 0 Å². The number of aromatic nitrogens is 12. The first kappa shape index (κ1) is 59.2. The minimum Gasteiger partial charge on any atom is -0.452 e. The molecule has 0 amide bonds. The number of thiazole rings is 2. The molecule has 0 aliphatic heterocycles. The van der Waals surface area contributed by atoms with Crippen LogP contribution in [0.15, 0.2) is 138 Å². The summed E-state index contributed by atoms with van der Waals surface area (Å²) in [5.41, 5.74) is 5.26. The van der Waals surface area contributed by atoms with Crippen LogP contribution >= 0.6 is 45.7 Å². The van der Waals surface area contributed by atoms with Gasteiger partial charge in [0.15, 0.2) is 19.1 Å². The molecule has 0 N–H and O–H groups in total. The largest absolute Gasteiger partial charge is 0.452 e. The summed E-state index contributed by atoms with van der Waals surface area (Å²) in [7, 11) is 0. The number of oxazole rings is 2. The lowest BCUT2D eigenvalue weighted by Crippen LogP contribution is -1.53. The van der Waals surface area contributed by atoms with Gasteiger partial charge in [-0.15, -0.1) is 32.9 Å². The van der Waals surface area contributed by atoms with Gasteiger partial charge in [-0.05, 0) is 23.1 Å². The van der Waals surface area contributed by atoms with Crippen LogP contribution in [-0.4, -0.2) is 59.4 Å². The zero-order valence-electron chi connectivity index (χ0n) is 32.2. The standard InChI is InChI=1S/2C3H3NO.2C3H3NS.2C2H2N2O.2C2H2N2S.6C2H6/c4*1-2-5-3-4-1;1-3-2-5-4-1;1-2-5-4-3-1;1-3-2-5-4-1;1-2-5-4-3-1;6*1-2/h4*1-3H;4*1-2H;6*1-2H3. The maximum Gasteiger partial charge on any atom is 0.213 e. The van der Waals surface area contributed by atoms with E-state index >= 15 is 0 Å². The Morgan fingerprint density at radius 2 is 1.00 bits per heavy atom. The lowest BCUT2D eigenvalue weighted by molar-refractivity contribution is 0.393. The van der Waals surface area contributed by atoms with Crippen molar-refractivity contribution in [3.63, 3.8) is 0 Å². The van der Waals surface area contributed by atoms with Crippen LogP contribution in [-0.2, 0) is 0 Å². The minimum atomic E-state index is 1.26. The predicted octanol–water partition coefficient (Wildman–Crippen LogP) is 11.0. The number of hydrogen-bond donors (Lipinski definition) is 0. The maximum absolute atomic E-state index is 4.47. The molecule has 20 heteroatoms. The lowest BCUT2D eigenvalue weighted by Gasteiger charge is -1.47. The molecular formula is C32H56N12O4S4. The van der Waals surface area contributed by atoms with Crippen LogP contribution in [0.5, 0.6) is 0 Å². The van der Waals surface area contributed by atoms with Gasteiger partial charge in [0, 0.05) is 33.8 Å². The van der Waals surface area contributed by atoms with Crippen LogP contribution in [0.4, 0.5) is 0 Å². The van der Waals surface area contributed by atoms with Crippen molar-refractivity contribution in [2.45, 2.75) is 83.1 Å². The lowest BCUT2D eigenvalue weighted by atomic mass is 11.0. The topological polar surface area (TPSA) is 207 Å². The molecule has 0 fully saturated rings. The molecule has 0 radical (unpaired) electrons. The van der Waals surface area contributed by atoms with Gasteiger partial charge in [-0.1, -0.05) is 92.7 Å². The summed E-state index contributed by atoms with van der Waals surface area (Å²) in [6.07, 6.45) is 21.1. The zero-order valence-corrected chi connectivity index (χ0v) is 35.4. The minimum absolute atomic E-state index is 1.26. The van der Waals surface area contributed by atoms with Crippen LogP contribution in [0.1, 0.15) is 83.1 Å². The third kappa shape index (κ3) is 71.2. The Morgan fingerprint density at radius 1 is 0.423 bits per heavy atom. The number of rotatable bonds is 0. The first-order chi connectivity index (χ1) is 26.0. The molecule has 0 spiro atoms. The van der Waals surface area contributed by atoms with Crippen LogP contribution in [0.2, 0.25) is 0 Å². The molecule has 0 saturated carbocycles. The van der Waals surface area contributed by atoms with Crippen LogP contribution in [0, 0.1) is 0 Å². The van der Waals surface area contributed by atoms with E-state index in [2.05, 4.69) is 77.3 Å². The van der Waals surface area contributed by atoms with Gasteiger partial charge in [-0.25, -0.2) is 19.9 Å². The fraction of sp³-hybridized carbons (Fsp3) is 0.375. The van der Waals surface area contributed by atoms with Crippen molar-refractivity contribution in [1.82, 2.24) is 59.4 Å². The Labute approximate surface area is 325 Å². The molecule has 16 nitrogen and oxygen atoms in total. The molecule has 292 valence electrons. The number of nitrogens with zero attached hydrogens (tertiary/aromatic N) is 12. The first-order valence-corrected chi connectivity index (χ1v) is 19.6. The second-order valence-electron chi connectivity index (χ2n) is 5.04. The van der Waals surface area contributed by atoms with E-state index in [1.54, 1.807) is 70.2 Å². The van der Waals surface area contributed by atoms with E-state index in [4.69, 9.17) is 0 Å². The summed E-state index contributed by atoms with van der Waals surface area (Å²) in [6, 6.07) is 0. The van der Waals surface area contributed by atoms with Gasteiger partial charge < -0.3 is 17.9 Å². The molecule has 0 bridgehead atoms. The van der Waals surface area contributed by atoms with Gasteiger partial charge in [0.05, 0.1) is 35.8 Å². The molecule has 0 saturated heterocycles. The highest BCUT2D eigenvalue weighted by atomic mass is 32.1. The highest BCUT2D eigenvalue weighted by Crippen LogP contribution is 1.86. The monoisotopic (exact) mass is 800 g/mol. The number of hydrogen-bond acceptors (Lipinski definition) is 20. The van der Waals surface area contributed by atoms with E-state index in [9.17, 15) is 0 Å². The quantitative estimate of drug-likeness (QED) is 0.140. The van der Waals surface area contributed by atoms with Crippen molar-refractivity contribution in [2.75, 3.05) is 0 Å². The normalized spacial score (nSPS) is 6.85. The fourth-order valence-electron chi connectivity index (χ4n) is 1.25. The molecule has 0 aliphatic carbocycles. The van der Waals surface area contributed by atoms with Crippen molar-refractivity contribution in [1.29, 1.82) is 0 Å². The van der Waals surface area contributed by atoms with Gasteiger partial charge in [-0.3, -0.25) is 9.97 Å². The van der Waals surface area contributed by atoms with Crippen molar-refractivity contribution in [3.05, 3.63) is 120 Å². The fourth-order valence-corrected chi connectivity index (χ4v) is 2.49. The summed E-state index contributed by atoms with van der Waals surface area (Å²) in [5.74, 6) is 0. The second-order valence-corrected chi connectivity index (χ2v) is 7.83. The summed E-state index contributed by atoms with van der Waals surface area (Å²) < 4.78 is 24.6. The smallest absolute Gasteiger partial charge is 0.213 e. The van der Waals surface area contributed by atoms with Crippen molar-refractivity contribution < 1.29 is 17.9 Å². The van der Waals surface area contributed by atoms with Gasteiger partial charge in [0.25, 0.3) is 0 Å². The molecule has 8 aromatic rings.